The van der Waals surface area contributed by atoms with Gasteiger partial charge in [0.15, 0.2) is 11.4 Å². The molecule has 158 valence electrons. The van der Waals surface area contributed by atoms with Crippen LogP contribution in [0.2, 0.25) is 5.02 Å². The van der Waals surface area contributed by atoms with E-state index in [-0.39, 0.29) is 50.2 Å². The van der Waals surface area contributed by atoms with Crippen LogP contribution in [0.4, 0.5) is 30.6 Å². The van der Waals surface area contributed by atoms with E-state index >= 15 is 0 Å². The monoisotopic (exact) mass is 432 g/mol. The van der Waals surface area contributed by atoms with Crippen LogP contribution in [-0.4, -0.2) is 52.3 Å². The van der Waals surface area contributed by atoms with Crippen LogP contribution in [0, 0.1) is 6.92 Å². The lowest BCUT2D eigenvalue weighted by atomic mass is 9.89. The molecule has 1 fully saturated rings. The first-order chi connectivity index (χ1) is 13.8. The zero-order chi connectivity index (χ0) is 20.6. The molecule has 0 amide bonds. The number of alkyl halides is 3. The van der Waals surface area contributed by atoms with Gasteiger partial charge in [0.25, 0.3) is 5.88 Å². The van der Waals surface area contributed by atoms with E-state index in [4.69, 9.17) is 21.1 Å². The Morgan fingerprint density at radius 3 is 2.72 bits per heavy atom. The summed E-state index contributed by atoms with van der Waals surface area (Å²) in [6.45, 7) is 2.37. The minimum atomic E-state index is -4.50. The largest absolute Gasteiger partial charge is 0.475 e. The summed E-state index contributed by atoms with van der Waals surface area (Å²) < 4.78 is 54.4. The predicted molar refractivity (Wildman–Crippen MR) is 100.0 cm³/mol. The third-order valence-corrected chi connectivity index (χ3v) is 5.45. The van der Waals surface area contributed by atoms with E-state index in [0.29, 0.717) is 29.5 Å². The summed E-state index contributed by atoms with van der Waals surface area (Å²) in [5, 5.41) is 10.6. The Balaban J connectivity index is 1.81. The number of nitrogens with zero attached hydrogens (tertiary/aromatic N) is 4. The number of rotatable bonds is 1. The van der Waals surface area contributed by atoms with Gasteiger partial charge in [-0.05, 0) is 13.3 Å². The van der Waals surface area contributed by atoms with Crippen molar-refractivity contribution in [3.63, 3.8) is 0 Å². The fourth-order valence-electron chi connectivity index (χ4n) is 3.57. The lowest BCUT2D eigenvalue weighted by Crippen LogP contribution is -2.52. The number of nitrogens with one attached hydrogen (secondary N) is 2. The van der Waals surface area contributed by atoms with E-state index in [1.807, 2.05) is 0 Å². The van der Waals surface area contributed by atoms with Crippen LogP contribution in [0.5, 0.6) is 5.88 Å². The molecule has 0 saturated carbocycles. The van der Waals surface area contributed by atoms with Gasteiger partial charge in [0.1, 0.15) is 10.7 Å². The molecular formula is C17H20ClF3N6O2. The van der Waals surface area contributed by atoms with Gasteiger partial charge >= 0.3 is 6.18 Å². The van der Waals surface area contributed by atoms with Gasteiger partial charge in [0.05, 0.1) is 18.5 Å². The van der Waals surface area contributed by atoms with Gasteiger partial charge in [-0.25, -0.2) is 9.67 Å². The van der Waals surface area contributed by atoms with E-state index in [1.165, 1.54) is 6.20 Å². The maximum atomic E-state index is 14.2. The summed E-state index contributed by atoms with van der Waals surface area (Å²) in [5.74, 6) is 0.702. The summed E-state index contributed by atoms with van der Waals surface area (Å²) in [5.41, 5.74) is -1.57. The van der Waals surface area contributed by atoms with Crippen molar-refractivity contribution < 1.29 is 22.6 Å². The Bertz CT molecular complexity index is 898. The molecule has 4 heterocycles. The molecule has 4 rings (SSSR count). The van der Waals surface area contributed by atoms with Gasteiger partial charge in [-0.2, -0.15) is 18.2 Å². The lowest BCUT2D eigenvalue weighted by Gasteiger charge is -2.39. The Labute approximate surface area is 169 Å². The average Bonchev–Trinajstić information content (AvgIpc) is 2.98. The van der Waals surface area contributed by atoms with Gasteiger partial charge in [0, 0.05) is 32.6 Å². The number of hydrogen-bond donors (Lipinski definition) is 2. The fourth-order valence-corrected chi connectivity index (χ4v) is 3.73. The van der Waals surface area contributed by atoms with E-state index in [1.54, 1.807) is 6.92 Å². The summed E-state index contributed by atoms with van der Waals surface area (Å²) in [6, 6.07) is 0. The quantitative estimate of drug-likeness (QED) is 0.711. The van der Waals surface area contributed by atoms with Crippen LogP contribution in [0.15, 0.2) is 6.20 Å². The lowest BCUT2D eigenvalue weighted by molar-refractivity contribution is -0.239. The summed E-state index contributed by atoms with van der Waals surface area (Å²) in [6.07, 6.45) is -2.93. The van der Waals surface area contributed by atoms with Crippen molar-refractivity contribution >= 4 is 29.1 Å². The Kier molecular flexibility index (Phi) is 5.19. The maximum absolute atomic E-state index is 14.2. The SMILES string of the molecule is Cc1c2c(nn1C1(C(F)(F)F)CCOCC1)OCCCNc1nc(ncc1Cl)N2. The number of hydrogen-bond acceptors (Lipinski definition) is 7. The zero-order valence-corrected chi connectivity index (χ0v) is 16.4. The van der Waals surface area contributed by atoms with Gasteiger partial charge in [-0.3, -0.25) is 0 Å². The molecule has 2 aromatic rings. The number of aromatic nitrogens is 4. The van der Waals surface area contributed by atoms with Gasteiger partial charge in [0.2, 0.25) is 5.95 Å². The van der Waals surface area contributed by atoms with Crippen LogP contribution in [0.3, 0.4) is 0 Å². The van der Waals surface area contributed by atoms with Crippen LogP contribution >= 0.6 is 11.6 Å². The molecule has 0 aromatic carbocycles. The first kappa shape index (κ1) is 20.0. The molecule has 1 saturated heterocycles. The molecule has 0 aliphatic carbocycles. The molecule has 12 heteroatoms. The van der Waals surface area contributed by atoms with E-state index < -0.39 is 11.7 Å². The molecule has 2 aliphatic rings. The highest BCUT2D eigenvalue weighted by molar-refractivity contribution is 6.32. The highest BCUT2D eigenvalue weighted by Crippen LogP contribution is 2.47. The number of ether oxygens (including phenoxy) is 2. The normalized spacial score (nSPS) is 19.2. The predicted octanol–water partition coefficient (Wildman–Crippen LogP) is 3.64. The van der Waals surface area contributed by atoms with E-state index in [0.717, 1.165) is 4.68 Å². The third kappa shape index (κ3) is 3.57. The van der Waals surface area contributed by atoms with Crippen LogP contribution in [0.1, 0.15) is 25.0 Å². The molecule has 0 unspecified atom stereocenters. The number of halogens is 4. The van der Waals surface area contributed by atoms with Crippen LogP contribution in [-0.2, 0) is 10.3 Å². The topological polar surface area (TPSA) is 86.1 Å². The molecule has 0 atom stereocenters. The first-order valence-corrected chi connectivity index (χ1v) is 9.60. The second-order valence-electron chi connectivity index (χ2n) is 6.96. The molecular weight excluding hydrogens is 413 g/mol. The Morgan fingerprint density at radius 2 is 2.00 bits per heavy atom. The van der Waals surface area contributed by atoms with E-state index in [9.17, 15) is 13.2 Å². The Morgan fingerprint density at radius 1 is 1.24 bits per heavy atom. The van der Waals surface area contributed by atoms with Crippen molar-refractivity contribution in [2.45, 2.75) is 37.9 Å². The molecule has 2 aliphatic heterocycles. The van der Waals surface area contributed by atoms with Crippen LogP contribution < -0.4 is 15.4 Å². The standard InChI is InChI=1S/C17H20ClF3N6O2/c1-10-12-14(26-27(10)16(17(19,20)21)3-7-28-8-4-16)29-6-2-5-22-13-11(18)9-23-15(24-12)25-13/h9H,2-8H2,1H3,(H2,22,23,24,25). The van der Waals surface area contributed by atoms with Gasteiger partial charge in [-0.15, -0.1) is 5.10 Å². The molecule has 2 N–H and O–H groups in total. The highest BCUT2D eigenvalue weighted by atomic mass is 35.5. The summed E-state index contributed by atoms with van der Waals surface area (Å²) in [7, 11) is 0. The molecule has 8 nitrogen and oxygen atoms in total. The number of fused-ring (bicyclic) bond motifs is 3. The minimum Gasteiger partial charge on any atom is -0.475 e. The van der Waals surface area contributed by atoms with Crippen molar-refractivity contribution in [1.82, 2.24) is 19.7 Å². The summed E-state index contributed by atoms with van der Waals surface area (Å²) in [4.78, 5) is 8.42. The molecule has 29 heavy (non-hydrogen) atoms. The second-order valence-corrected chi connectivity index (χ2v) is 7.37. The maximum Gasteiger partial charge on any atom is 0.413 e. The first-order valence-electron chi connectivity index (χ1n) is 9.23. The molecule has 2 aromatic heterocycles. The highest BCUT2D eigenvalue weighted by Gasteiger charge is 2.58. The van der Waals surface area contributed by atoms with Crippen molar-refractivity contribution in [1.29, 1.82) is 0 Å². The Hall–Kier alpha value is -2.27. The average molecular weight is 433 g/mol. The smallest absolute Gasteiger partial charge is 0.413 e. The van der Waals surface area contributed by atoms with Crippen molar-refractivity contribution in [3.8, 4) is 5.88 Å². The number of anilines is 3. The molecule has 2 bridgehead atoms. The second kappa shape index (κ2) is 7.52. The zero-order valence-electron chi connectivity index (χ0n) is 15.6. The van der Waals surface area contributed by atoms with Gasteiger partial charge in [-0.1, -0.05) is 11.6 Å². The van der Waals surface area contributed by atoms with Gasteiger partial charge < -0.3 is 20.1 Å². The minimum absolute atomic E-state index is 0.00703. The third-order valence-electron chi connectivity index (χ3n) is 5.17. The molecule has 0 spiro atoms. The fraction of sp³-hybridized carbons (Fsp3) is 0.588. The van der Waals surface area contributed by atoms with E-state index in [2.05, 4.69) is 25.7 Å². The van der Waals surface area contributed by atoms with Crippen molar-refractivity contribution in [2.24, 2.45) is 0 Å². The van der Waals surface area contributed by atoms with Crippen molar-refractivity contribution in [2.75, 3.05) is 37.0 Å². The molecule has 0 radical (unpaired) electrons. The summed E-state index contributed by atoms with van der Waals surface area (Å²) >= 11 is 6.10. The van der Waals surface area contributed by atoms with Crippen molar-refractivity contribution in [3.05, 3.63) is 16.9 Å². The van der Waals surface area contributed by atoms with Crippen LogP contribution in [0.25, 0.3) is 0 Å².